The number of thiazole rings is 1. The third-order valence-electron chi connectivity index (χ3n) is 3.89. The number of hydrogen-bond acceptors (Lipinski definition) is 5. The lowest BCUT2D eigenvalue weighted by Gasteiger charge is -2.28. The molecule has 0 saturated carbocycles. The summed E-state index contributed by atoms with van der Waals surface area (Å²) in [5.41, 5.74) is 6.68. The Kier molecular flexibility index (Phi) is 4.71. The summed E-state index contributed by atoms with van der Waals surface area (Å²) in [5, 5.41) is 0.963. The molecule has 1 amide bonds. The maximum Gasteiger partial charge on any atom is 0.263 e. The van der Waals surface area contributed by atoms with Crippen LogP contribution in [0.3, 0.4) is 0 Å². The number of nitrogens with zero attached hydrogens (tertiary/aromatic N) is 2. The fourth-order valence-electron chi connectivity index (χ4n) is 2.51. The van der Waals surface area contributed by atoms with Crippen molar-refractivity contribution in [2.45, 2.75) is 13.8 Å². The van der Waals surface area contributed by atoms with E-state index in [2.05, 4.69) is 24.9 Å². The van der Waals surface area contributed by atoms with Crippen LogP contribution in [0.25, 0.3) is 20.1 Å². The van der Waals surface area contributed by atoms with Crippen LogP contribution in [0.1, 0.15) is 23.5 Å². The maximum atomic E-state index is 12.6. The van der Waals surface area contributed by atoms with Crippen molar-refractivity contribution in [2.24, 2.45) is 11.1 Å². The minimum atomic E-state index is -0.0858. The van der Waals surface area contributed by atoms with E-state index in [1.807, 2.05) is 37.4 Å². The molecule has 0 atom stereocenters. The van der Waals surface area contributed by atoms with E-state index < -0.39 is 0 Å². The van der Waals surface area contributed by atoms with Crippen molar-refractivity contribution in [3.8, 4) is 9.88 Å². The van der Waals surface area contributed by atoms with Crippen LogP contribution in [0.2, 0.25) is 0 Å². The second-order valence-electron chi connectivity index (χ2n) is 6.68. The summed E-state index contributed by atoms with van der Waals surface area (Å²) in [6.45, 7) is 5.32. The predicted molar refractivity (Wildman–Crippen MR) is 103 cm³/mol. The number of para-hydroxylation sites is 1. The zero-order valence-electron chi connectivity index (χ0n) is 14.1. The largest absolute Gasteiger partial charge is 0.340 e. The van der Waals surface area contributed by atoms with E-state index in [0.29, 0.717) is 13.1 Å². The van der Waals surface area contributed by atoms with E-state index in [9.17, 15) is 4.79 Å². The van der Waals surface area contributed by atoms with Gasteiger partial charge in [-0.25, -0.2) is 4.98 Å². The smallest absolute Gasteiger partial charge is 0.263 e. The molecule has 0 unspecified atom stereocenters. The summed E-state index contributed by atoms with van der Waals surface area (Å²) in [4.78, 5) is 20.8. The highest BCUT2D eigenvalue weighted by molar-refractivity contribution is 7.26. The molecule has 2 aromatic heterocycles. The van der Waals surface area contributed by atoms with Gasteiger partial charge in [0.2, 0.25) is 0 Å². The van der Waals surface area contributed by atoms with E-state index in [1.165, 1.54) is 11.3 Å². The second kappa shape index (κ2) is 6.63. The van der Waals surface area contributed by atoms with Gasteiger partial charge < -0.3 is 10.6 Å². The van der Waals surface area contributed by atoms with E-state index in [4.69, 9.17) is 5.73 Å². The van der Waals surface area contributed by atoms with Crippen LogP contribution in [-0.4, -0.2) is 35.9 Å². The van der Waals surface area contributed by atoms with Gasteiger partial charge in [-0.05, 0) is 36.2 Å². The third-order valence-corrected chi connectivity index (χ3v) is 6.16. The molecule has 4 nitrogen and oxygen atoms in total. The number of hydrogen-bond donors (Lipinski definition) is 1. The molecule has 0 spiro atoms. The van der Waals surface area contributed by atoms with Gasteiger partial charge in [-0.3, -0.25) is 4.79 Å². The van der Waals surface area contributed by atoms with Gasteiger partial charge in [0.15, 0.2) is 0 Å². The Bertz CT molecular complexity index is 833. The van der Waals surface area contributed by atoms with Gasteiger partial charge in [0.05, 0.1) is 20.0 Å². The lowest BCUT2D eigenvalue weighted by Crippen LogP contribution is -2.39. The van der Waals surface area contributed by atoms with Gasteiger partial charge in [0.25, 0.3) is 5.91 Å². The van der Waals surface area contributed by atoms with Gasteiger partial charge in [-0.15, -0.1) is 22.7 Å². The summed E-state index contributed by atoms with van der Waals surface area (Å²) >= 11 is 3.15. The molecule has 0 aliphatic rings. The van der Waals surface area contributed by atoms with Crippen molar-refractivity contribution >= 4 is 38.8 Å². The van der Waals surface area contributed by atoms with Crippen LogP contribution in [0.4, 0.5) is 0 Å². The molecule has 1 aromatic carbocycles. The topological polar surface area (TPSA) is 59.2 Å². The zero-order chi connectivity index (χ0) is 17.3. The number of benzene rings is 1. The Balaban J connectivity index is 1.81. The molecule has 0 aliphatic heterocycles. The zero-order valence-corrected chi connectivity index (χ0v) is 15.7. The molecular formula is C18H21N3OS2. The molecule has 3 aromatic rings. The minimum absolute atomic E-state index is 0.0360. The first-order valence-electron chi connectivity index (χ1n) is 7.81. The average molecular weight is 360 g/mol. The Morgan fingerprint density at radius 3 is 2.67 bits per heavy atom. The first-order valence-corrected chi connectivity index (χ1v) is 9.44. The Hall–Kier alpha value is -1.76. The molecular weight excluding hydrogens is 338 g/mol. The highest BCUT2D eigenvalue weighted by Gasteiger charge is 2.23. The second-order valence-corrected chi connectivity index (χ2v) is 8.79. The molecule has 2 heterocycles. The number of fused-ring (bicyclic) bond motifs is 1. The number of nitrogens with two attached hydrogens (primary N) is 1. The monoisotopic (exact) mass is 359 g/mol. The highest BCUT2D eigenvalue weighted by Crippen LogP contribution is 2.34. The van der Waals surface area contributed by atoms with Gasteiger partial charge in [-0.2, -0.15) is 0 Å². The fourth-order valence-corrected chi connectivity index (χ4v) is 4.53. The Morgan fingerprint density at radius 1 is 1.21 bits per heavy atom. The SMILES string of the molecule is CN(CC(C)(C)CN)C(=O)c1ccc(-c2nc3ccccc3s2)s1. The van der Waals surface area contributed by atoms with Gasteiger partial charge in [0, 0.05) is 13.6 Å². The number of thiophene rings is 1. The van der Waals surface area contributed by atoms with Crippen molar-refractivity contribution in [2.75, 3.05) is 20.1 Å². The normalized spacial score (nSPS) is 11.8. The van der Waals surface area contributed by atoms with Gasteiger partial charge in [-0.1, -0.05) is 26.0 Å². The van der Waals surface area contributed by atoms with Crippen LogP contribution in [0.15, 0.2) is 36.4 Å². The van der Waals surface area contributed by atoms with E-state index in [1.54, 1.807) is 16.2 Å². The Morgan fingerprint density at radius 2 is 1.96 bits per heavy atom. The van der Waals surface area contributed by atoms with E-state index in [-0.39, 0.29) is 11.3 Å². The first-order chi connectivity index (χ1) is 11.4. The summed E-state index contributed by atoms with van der Waals surface area (Å²) < 4.78 is 1.16. The van der Waals surface area contributed by atoms with Crippen molar-refractivity contribution in [3.05, 3.63) is 41.3 Å². The number of aromatic nitrogens is 1. The molecule has 2 N–H and O–H groups in total. The van der Waals surface area contributed by atoms with Crippen molar-refractivity contribution in [3.63, 3.8) is 0 Å². The average Bonchev–Trinajstić information content (AvgIpc) is 3.20. The van der Waals surface area contributed by atoms with Gasteiger partial charge >= 0.3 is 0 Å². The standard InChI is InChI=1S/C18H21N3OS2/c1-18(2,10-19)11-21(3)17(22)15-9-8-14(23-15)16-20-12-6-4-5-7-13(12)24-16/h4-9H,10-11,19H2,1-3H3. The number of rotatable bonds is 5. The number of carbonyl (C=O) groups excluding carboxylic acids is 1. The number of amides is 1. The quantitative estimate of drug-likeness (QED) is 0.747. The molecule has 0 radical (unpaired) electrons. The molecule has 0 aliphatic carbocycles. The maximum absolute atomic E-state index is 12.6. The molecule has 126 valence electrons. The summed E-state index contributed by atoms with van der Waals surface area (Å²) in [7, 11) is 1.83. The molecule has 0 bridgehead atoms. The Labute approximate surface area is 149 Å². The van der Waals surface area contributed by atoms with E-state index >= 15 is 0 Å². The van der Waals surface area contributed by atoms with Crippen LogP contribution in [-0.2, 0) is 0 Å². The van der Waals surface area contributed by atoms with Crippen LogP contribution in [0, 0.1) is 5.41 Å². The van der Waals surface area contributed by atoms with Crippen LogP contribution in [0.5, 0.6) is 0 Å². The van der Waals surface area contributed by atoms with Crippen LogP contribution >= 0.6 is 22.7 Å². The molecule has 6 heteroatoms. The lowest BCUT2D eigenvalue weighted by atomic mass is 9.93. The predicted octanol–water partition coefficient (Wildman–Crippen LogP) is 4.08. The van der Waals surface area contributed by atoms with Gasteiger partial charge in [0.1, 0.15) is 5.01 Å². The van der Waals surface area contributed by atoms with Crippen LogP contribution < -0.4 is 5.73 Å². The summed E-state index contributed by atoms with van der Waals surface area (Å²) in [5.74, 6) is 0.0360. The first kappa shape index (κ1) is 17.1. The number of carbonyl (C=O) groups is 1. The van der Waals surface area contributed by atoms with E-state index in [0.717, 1.165) is 25.0 Å². The summed E-state index contributed by atoms with van der Waals surface area (Å²) in [6, 6.07) is 12.0. The third kappa shape index (κ3) is 3.50. The van der Waals surface area contributed by atoms with Crippen molar-refractivity contribution in [1.82, 2.24) is 9.88 Å². The lowest BCUT2D eigenvalue weighted by molar-refractivity contribution is 0.0745. The minimum Gasteiger partial charge on any atom is -0.340 e. The highest BCUT2D eigenvalue weighted by atomic mass is 32.1. The molecule has 0 fully saturated rings. The van der Waals surface area contributed by atoms with Crippen molar-refractivity contribution in [1.29, 1.82) is 0 Å². The molecule has 0 saturated heterocycles. The molecule has 24 heavy (non-hydrogen) atoms. The molecule has 3 rings (SSSR count). The van der Waals surface area contributed by atoms with Crippen molar-refractivity contribution < 1.29 is 4.79 Å². The fraction of sp³-hybridized carbons (Fsp3) is 0.333. The summed E-state index contributed by atoms with van der Waals surface area (Å²) in [6.07, 6.45) is 0.